The number of benzene rings is 1. The summed E-state index contributed by atoms with van der Waals surface area (Å²) >= 11 is 5.91. The van der Waals surface area contributed by atoms with Crippen LogP contribution in [0.1, 0.15) is 25.5 Å². The van der Waals surface area contributed by atoms with Crippen molar-refractivity contribution >= 4 is 29.9 Å². The van der Waals surface area contributed by atoms with Crippen molar-refractivity contribution in [1.29, 1.82) is 0 Å². The summed E-state index contributed by atoms with van der Waals surface area (Å²) in [6.45, 7) is 3.63. The van der Waals surface area contributed by atoms with Gasteiger partial charge < -0.3 is 10.6 Å². The topological polar surface area (TPSA) is 46.3 Å². The van der Waals surface area contributed by atoms with E-state index in [0.717, 1.165) is 5.56 Å². The average Bonchev–Trinajstić information content (AvgIpc) is 2.26. The first-order valence-corrected chi connectivity index (χ1v) is 5.59. The number of likely N-dealkylation sites (N-methyl/N-ethyl adjacent to an activating group) is 1. The second-order valence-electron chi connectivity index (χ2n) is 3.97. The van der Waals surface area contributed by atoms with Crippen LogP contribution in [0.4, 0.5) is 0 Å². The monoisotopic (exact) mass is 276 g/mol. The molecule has 0 aliphatic rings. The second kappa shape index (κ2) is 6.84. The molecule has 0 fully saturated rings. The molecule has 1 aromatic rings. The molecule has 1 amide bonds. The minimum atomic E-state index is -0.480. The van der Waals surface area contributed by atoms with Crippen LogP contribution in [0.5, 0.6) is 0 Å². The molecule has 17 heavy (non-hydrogen) atoms. The fourth-order valence-corrected chi connectivity index (χ4v) is 1.70. The highest BCUT2D eigenvalue weighted by Gasteiger charge is 2.19. The van der Waals surface area contributed by atoms with E-state index in [2.05, 4.69) is 0 Å². The summed E-state index contributed by atoms with van der Waals surface area (Å²) < 4.78 is 0. The van der Waals surface area contributed by atoms with Crippen molar-refractivity contribution in [1.82, 2.24) is 4.90 Å². The number of carbonyl (C=O) groups excluding carboxylic acids is 1. The van der Waals surface area contributed by atoms with Gasteiger partial charge in [0.1, 0.15) is 0 Å². The number of hydrogen-bond acceptors (Lipinski definition) is 2. The number of rotatable bonds is 3. The van der Waals surface area contributed by atoms with E-state index in [1.807, 2.05) is 31.2 Å². The Hall–Kier alpha value is -0.770. The van der Waals surface area contributed by atoms with Gasteiger partial charge in [0.15, 0.2) is 0 Å². The van der Waals surface area contributed by atoms with Gasteiger partial charge in [-0.05, 0) is 31.5 Å². The molecule has 2 atom stereocenters. The Bertz CT molecular complexity index is 383. The van der Waals surface area contributed by atoms with Crippen LogP contribution in [0.15, 0.2) is 24.3 Å². The number of halogens is 2. The van der Waals surface area contributed by atoms with Gasteiger partial charge in [0.25, 0.3) is 0 Å². The molecule has 0 saturated heterocycles. The first-order valence-electron chi connectivity index (χ1n) is 5.21. The Morgan fingerprint density at radius 1 is 1.41 bits per heavy atom. The smallest absolute Gasteiger partial charge is 0.239 e. The zero-order valence-corrected chi connectivity index (χ0v) is 11.8. The quantitative estimate of drug-likeness (QED) is 0.923. The van der Waals surface area contributed by atoms with Crippen LogP contribution >= 0.6 is 24.0 Å². The van der Waals surface area contributed by atoms with Crippen molar-refractivity contribution in [2.75, 3.05) is 7.05 Å². The van der Waals surface area contributed by atoms with Gasteiger partial charge in [0.05, 0.1) is 12.1 Å². The summed E-state index contributed by atoms with van der Waals surface area (Å²) in [5, 5.41) is 0.672. The number of carbonyl (C=O) groups is 1. The standard InChI is InChI=1S/C12H17ClN2O.ClH/c1-8(14)12(16)15(3)9(2)10-5-4-6-11(13)7-10;/h4-9H,14H2,1-3H3;1H/t8-,9?;/m1./s1. The molecule has 3 nitrogen and oxygen atoms in total. The highest BCUT2D eigenvalue weighted by Crippen LogP contribution is 2.22. The predicted molar refractivity (Wildman–Crippen MR) is 73.5 cm³/mol. The highest BCUT2D eigenvalue weighted by atomic mass is 35.5. The van der Waals surface area contributed by atoms with E-state index in [1.54, 1.807) is 18.9 Å². The lowest BCUT2D eigenvalue weighted by molar-refractivity contribution is -0.132. The minimum absolute atomic E-state index is 0. The van der Waals surface area contributed by atoms with Gasteiger partial charge in [-0.3, -0.25) is 4.79 Å². The molecule has 1 unspecified atom stereocenters. The molecule has 96 valence electrons. The summed E-state index contributed by atoms with van der Waals surface area (Å²) in [6, 6.07) is 6.98. The van der Waals surface area contributed by atoms with Crippen molar-refractivity contribution in [3.8, 4) is 0 Å². The molecule has 2 N–H and O–H groups in total. The third-order valence-corrected chi connectivity index (χ3v) is 2.88. The van der Waals surface area contributed by atoms with Gasteiger partial charge in [-0.25, -0.2) is 0 Å². The maximum absolute atomic E-state index is 11.7. The first kappa shape index (κ1) is 16.2. The zero-order chi connectivity index (χ0) is 12.3. The van der Waals surface area contributed by atoms with E-state index in [0.29, 0.717) is 5.02 Å². The molecule has 0 aromatic heterocycles. The largest absolute Gasteiger partial charge is 0.338 e. The molecule has 1 rings (SSSR count). The molecule has 0 radical (unpaired) electrons. The van der Waals surface area contributed by atoms with Crippen molar-refractivity contribution in [2.24, 2.45) is 5.73 Å². The Kier molecular flexibility index (Phi) is 6.53. The van der Waals surface area contributed by atoms with Crippen LogP contribution in [0.2, 0.25) is 5.02 Å². The summed E-state index contributed by atoms with van der Waals surface area (Å²) in [4.78, 5) is 13.3. The molecule has 0 saturated carbocycles. The second-order valence-corrected chi connectivity index (χ2v) is 4.41. The number of nitrogens with two attached hydrogens (primary N) is 1. The van der Waals surface area contributed by atoms with E-state index in [-0.39, 0.29) is 24.4 Å². The lowest BCUT2D eigenvalue weighted by atomic mass is 10.1. The van der Waals surface area contributed by atoms with Crippen molar-refractivity contribution in [2.45, 2.75) is 25.9 Å². The summed E-state index contributed by atoms with van der Waals surface area (Å²) in [5.41, 5.74) is 6.57. The van der Waals surface area contributed by atoms with Crippen LogP contribution in [0.3, 0.4) is 0 Å². The molecular weight excluding hydrogens is 259 g/mol. The Morgan fingerprint density at radius 3 is 2.47 bits per heavy atom. The van der Waals surface area contributed by atoms with Gasteiger partial charge in [0, 0.05) is 12.1 Å². The van der Waals surface area contributed by atoms with Gasteiger partial charge in [-0.1, -0.05) is 23.7 Å². The van der Waals surface area contributed by atoms with Crippen LogP contribution in [-0.2, 0) is 4.79 Å². The summed E-state index contributed by atoms with van der Waals surface area (Å²) in [7, 11) is 1.75. The molecule has 0 spiro atoms. The lowest BCUT2D eigenvalue weighted by Crippen LogP contribution is -2.40. The maximum Gasteiger partial charge on any atom is 0.239 e. The van der Waals surface area contributed by atoms with E-state index < -0.39 is 6.04 Å². The van der Waals surface area contributed by atoms with Gasteiger partial charge in [0.2, 0.25) is 5.91 Å². The lowest BCUT2D eigenvalue weighted by Gasteiger charge is -2.27. The van der Waals surface area contributed by atoms with Crippen LogP contribution in [-0.4, -0.2) is 23.9 Å². The van der Waals surface area contributed by atoms with E-state index in [9.17, 15) is 4.79 Å². The molecular formula is C12H18Cl2N2O. The Labute approximate surface area is 113 Å². The van der Waals surface area contributed by atoms with Gasteiger partial charge >= 0.3 is 0 Å². The fourth-order valence-electron chi connectivity index (χ4n) is 1.50. The average molecular weight is 277 g/mol. The molecule has 0 heterocycles. The predicted octanol–water partition coefficient (Wildman–Crippen LogP) is 2.63. The summed E-state index contributed by atoms with van der Waals surface area (Å²) in [6.07, 6.45) is 0. The Balaban J connectivity index is 0.00000256. The Morgan fingerprint density at radius 2 is 2.00 bits per heavy atom. The summed E-state index contributed by atoms with van der Waals surface area (Å²) in [5.74, 6) is -0.0764. The highest BCUT2D eigenvalue weighted by molar-refractivity contribution is 6.30. The number of amides is 1. The minimum Gasteiger partial charge on any atom is -0.338 e. The van der Waals surface area contributed by atoms with Crippen molar-refractivity contribution in [3.63, 3.8) is 0 Å². The zero-order valence-electron chi connectivity index (χ0n) is 10.2. The van der Waals surface area contributed by atoms with Crippen molar-refractivity contribution < 1.29 is 4.79 Å². The molecule has 0 aliphatic heterocycles. The van der Waals surface area contributed by atoms with Crippen LogP contribution < -0.4 is 5.73 Å². The van der Waals surface area contributed by atoms with Gasteiger partial charge in [-0.15, -0.1) is 12.4 Å². The van der Waals surface area contributed by atoms with Gasteiger partial charge in [-0.2, -0.15) is 0 Å². The third-order valence-electron chi connectivity index (χ3n) is 2.65. The molecule has 0 aliphatic carbocycles. The third kappa shape index (κ3) is 4.19. The SMILES string of the molecule is CC(c1cccc(Cl)c1)N(C)C(=O)[C@@H](C)N.Cl. The number of hydrogen-bond donors (Lipinski definition) is 1. The normalized spacial score (nSPS) is 13.5. The fraction of sp³-hybridized carbons (Fsp3) is 0.417. The van der Waals surface area contributed by atoms with E-state index in [1.165, 1.54) is 0 Å². The van der Waals surface area contributed by atoms with Crippen LogP contribution in [0, 0.1) is 0 Å². The van der Waals surface area contributed by atoms with Crippen LogP contribution in [0.25, 0.3) is 0 Å². The van der Waals surface area contributed by atoms with E-state index >= 15 is 0 Å². The maximum atomic E-state index is 11.7. The first-order chi connectivity index (χ1) is 7.43. The number of nitrogens with zero attached hydrogens (tertiary/aromatic N) is 1. The van der Waals surface area contributed by atoms with Crippen molar-refractivity contribution in [3.05, 3.63) is 34.9 Å². The molecule has 0 bridgehead atoms. The molecule has 1 aromatic carbocycles. The molecule has 5 heteroatoms. The van der Waals surface area contributed by atoms with E-state index in [4.69, 9.17) is 17.3 Å².